The van der Waals surface area contributed by atoms with Crippen LogP contribution in [0.1, 0.15) is 30.1 Å². The maximum atomic E-state index is 12.6. The summed E-state index contributed by atoms with van der Waals surface area (Å²) in [6, 6.07) is 14.7. The number of nitrogens with one attached hydrogen (secondary N) is 1. The molecule has 1 N–H and O–H groups in total. The number of aromatic nitrogens is 2. The van der Waals surface area contributed by atoms with Crippen molar-refractivity contribution in [2.45, 2.75) is 25.9 Å². The topological polar surface area (TPSA) is 85.8 Å². The van der Waals surface area contributed by atoms with Crippen LogP contribution in [0, 0.1) is 0 Å². The van der Waals surface area contributed by atoms with Crippen molar-refractivity contribution < 1.29 is 19.0 Å². The monoisotopic (exact) mass is 448 g/mol. The van der Waals surface area contributed by atoms with E-state index in [1.807, 2.05) is 31.2 Å². The predicted molar refractivity (Wildman–Crippen MR) is 126 cm³/mol. The minimum Gasteiger partial charge on any atom is -0.497 e. The number of carbonyl (C=O) groups is 1. The molecule has 8 nitrogen and oxygen atoms in total. The van der Waals surface area contributed by atoms with Crippen LogP contribution in [0.4, 0.5) is 11.6 Å². The number of hydrogen-bond acceptors (Lipinski definition) is 7. The zero-order chi connectivity index (χ0) is 23.0. The summed E-state index contributed by atoms with van der Waals surface area (Å²) >= 11 is 0. The summed E-state index contributed by atoms with van der Waals surface area (Å²) in [6.07, 6.45) is 5.15. The normalized spacial score (nSPS) is 15.6. The lowest BCUT2D eigenvalue weighted by Gasteiger charge is -2.33. The molecule has 1 aromatic heterocycles. The molecule has 1 atom stereocenters. The van der Waals surface area contributed by atoms with Gasteiger partial charge in [0.05, 0.1) is 32.7 Å². The second kappa shape index (κ2) is 10.7. The Hall–Kier alpha value is -3.81. The number of hydrogen-bond donors (Lipinski definition) is 1. The third-order valence-electron chi connectivity index (χ3n) is 5.34. The molecule has 172 valence electrons. The number of anilines is 2. The number of rotatable bonds is 8. The van der Waals surface area contributed by atoms with Gasteiger partial charge in [0.25, 0.3) is 5.91 Å². The zero-order valence-corrected chi connectivity index (χ0v) is 18.9. The van der Waals surface area contributed by atoms with Gasteiger partial charge in [-0.1, -0.05) is 18.2 Å². The van der Waals surface area contributed by atoms with E-state index < -0.39 is 0 Å². The summed E-state index contributed by atoms with van der Waals surface area (Å²) < 4.78 is 17.1. The first kappa shape index (κ1) is 22.4. The molecule has 33 heavy (non-hydrogen) atoms. The molecule has 2 heterocycles. The minimum atomic E-state index is -0.271. The van der Waals surface area contributed by atoms with E-state index in [9.17, 15) is 4.79 Å². The first-order chi connectivity index (χ1) is 16.2. The van der Waals surface area contributed by atoms with Gasteiger partial charge in [0.1, 0.15) is 17.7 Å². The van der Waals surface area contributed by atoms with Gasteiger partial charge in [-0.2, -0.15) is 0 Å². The fraction of sp³-hybridized carbons (Fsp3) is 0.320. The average Bonchev–Trinajstić information content (AvgIpc) is 2.86. The molecule has 0 unspecified atom stereocenters. The number of carbonyl (C=O) groups excluding carboxylic acids is 1. The summed E-state index contributed by atoms with van der Waals surface area (Å²) in [5.41, 5.74) is 0.487. The molecule has 0 spiro atoms. The van der Waals surface area contributed by atoms with Crippen LogP contribution in [-0.2, 0) is 0 Å². The molecule has 1 aliphatic heterocycles. The number of methoxy groups -OCH3 is 1. The third-order valence-corrected chi connectivity index (χ3v) is 5.34. The van der Waals surface area contributed by atoms with Crippen molar-refractivity contribution in [3.8, 4) is 17.2 Å². The average molecular weight is 449 g/mol. The van der Waals surface area contributed by atoms with E-state index in [1.165, 1.54) is 6.20 Å². The number of nitrogens with zero attached hydrogens (tertiary/aromatic N) is 3. The lowest BCUT2D eigenvalue weighted by atomic mass is 10.1. The lowest BCUT2D eigenvalue weighted by molar-refractivity contribution is 0.102. The molecule has 1 amide bonds. The second-order valence-corrected chi connectivity index (χ2v) is 7.66. The van der Waals surface area contributed by atoms with E-state index >= 15 is 0 Å². The highest BCUT2D eigenvalue weighted by molar-refractivity contribution is 6.04. The highest BCUT2D eigenvalue weighted by Gasteiger charge is 2.24. The number of ether oxygens (including phenoxy) is 3. The van der Waals surface area contributed by atoms with Crippen molar-refractivity contribution >= 4 is 17.5 Å². The molecule has 2 aromatic carbocycles. The van der Waals surface area contributed by atoms with Crippen molar-refractivity contribution in [2.75, 3.05) is 37.0 Å². The van der Waals surface area contributed by atoms with Gasteiger partial charge in [0.2, 0.25) is 0 Å². The van der Waals surface area contributed by atoms with Crippen molar-refractivity contribution in [2.24, 2.45) is 0 Å². The third kappa shape index (κ3) is 5.71. The van der Waals surface area contributed by atoms with Gasteiger partial charge in [-0.25, -0.2) is 4.98 Å². The highest BCUT2D eigenvalue weighted by Crippen LogP contribution is 2.30. The van der Waals surface area contributed by atoms with Crippen LogP contribution in [0.5, 0.6) is 17.2 Å². The van der Waals surface area contributed by atoms with Gasteiger partial charge in [-0.05, 0) is 50.1 Å². The smallest absolute Gasteiger partial charge is 0.256 e. The molecule has 0 radical (unpaired) electrons. The highest BCUT2D eigenvalue weighted by atomic mass is 16.5. The van der Waals surface area contributed by atoms with E-state index in [0.29, 0.717) is 36.1 Å². The van der Waals surface area contributed by atoms with Gasteiger partial charge < -0.3 is 24.4 Å². The maximum absolute atomic E-state index is 12.6. The van der Waals surface area contributed by atoms with Gasteiger partial charge in [-0.15, -0.1) is 0 Å². The minimum absolute atomic E-state index is 0.00260. The van der Waals surface area contributed by atoms with Crippen LogP contribution < -0.4 is 24.4 Å². The SMILES string of the molecule is CCOc1ccccc1O[C@@H]1CCCN(c2cncc(NC(=O)c3cccc(OC)c3)n2)C1. The number of piperidine rings is 1. The Bertz CT molecular complexity index is 1090. The van der Waals surface area contributed by atoms with Crippen molar-refractivity contribution in [1.82, 2.24) is 9.97 Å². The quantitative estimate of drug-likeness (QED) is 0.553. The lowest BCUT2D eigenvalue weighted by Crippen LogP contribution is -2.41. The maximum Gasteiger partial charge on any atom is 0.256 e. The van der Waals surface area contributed by atoms with E-state index in [1.54, 1.807) is 37.6 Å². The van der Waals surface area contributed by atoms with E-state index in [2.05, 4.69) is 20.2 Å². The molecule has 1 saturated heterocycles. The van der Waals surface area contributed by atoms with Crippen LogP contribution in [0.2, 0.25) is 0 Å². The van der Waals surface area contributed by atoms with Crippen molar-refractivity contribution in [3.63, 3.8) is 0 Å². The molecule has 4 rings (SSSR count). The number of benzene rings is 2. The standard InChI is InChI=1S/C25H28N4O4/c1-3-32-21-11-4-5-12-22(21)33-20-10-7-13-29(17-20)24-16-26-15-23(27-24)28-25(30)18-8-6-9-19(14-18)31-2/h4-6,8-9,11-12,14-16,20H,3,7,10,13,17H2,1-2H3,(H,27,28,30)/t20-/m1/s1. The number of amides is 1. The molecule has 8 heteroatoms. The summed E-state index contributed by atoms with van der Waals surface area (Å²) in [4.78, 5) is 23.7. The van der Waals surface area contributed by atoms with Crippen molar-refractivity contribution in [3.05, 3.63) is 66.5 Å². The summed E-state index contributed by atoms with van der Waals surface area (Å²) in [5.74, 6) is 2.94. The zero-order valence-electron chi connectivity index (χ0n) is 18.9. The van der Waals surface area contributed by atoms with E-state index in [4.69, 9.17) is 14.2 Å². The van der Waals surface area contributed by atoms with Gasteiger partial charge in [0.15, 0.2) is 17.3 Å². The molecular weight excluding hydrogens is 420 g/mol. The van der Waals surface area contributed by atoms with Crippen LogP contribution in [-0.4, -0.2) is 48.8 Å². The second-order valence-electron chi connectivity index (χ2n) is 7.66. The van der Waals surface area contributed by atoms with Gasteiger partial charge in [-0.3, -0.25) is 9.78 Å². The summed E-state index contributed by atoms with van der Waals surface area (Å²) in [5, 5.41) is 2.82. The van der Waals surface area contributed by atoms with Crippen LogP contribution in [0.3, 0.4) is 0 Å². The predicted octanol–water partition coefficient (Wildman–Crippen LogP) is 4.18. The fourth-order valence-electron chi connectivity index (χ4n) is 3.77. The fourth-order valence-corrected chi connectivity index (χ4v) is 3.77. The molecule has 0 bridgehead atoms. The van der Waals surface area contributed by atoms with Gasteiger partial charge in [0, 0.05) is 12.1 Å². The largest absolute Gasteiger partial charge is 0.497 e. The molecule has 0 saturated carbocycles. The molecule has 0 aliphatic carbocycles. The van der Waals surface area contributed by atoms with Crippen LogP contribution in [0.25, 0.3) is 0 Å². The van der Waals surface area contributed by atoms with Crippen molar-refractivity contribution in [1.29, 1.82) is 0 Å². The Morgan fingerprint density at radius 2 is 2.00 bits per heavy atom. The Balaban J connectivity index is 1.43. The summed E-state index contributed by atoms with van der Waals surface area (Å²) in [6.45, 7) is 4.05. The Labute approximate surface area is 193 Å². The Morgan fingerprint density at radius 3 is 2.82 bits per heavy atom. The summed E-state index contributed by atoms with van der Waals surface area (Å²) in [7, 11) is 1.57. The molecular formula is C25H28N4O4. The Kier molecular flexibility index (Phi) is 7.24. The molecule has 1 aliphatic rings. The Morgan fingerprint density at radius 1 is 1.15 bits per heavy atom. The van der Waals surface area contributed by atoms with E-state index in [0.717, 1.165) is 30.9 Å². The number of para-hydroxylation sites is 2. The molecule has 3 aromatic rings. The van der Waals surface area contributed by atoms with E-state index in [-0.39, 0.29) is 12.0 Å². The van der Waals surface area contributed by atoms with Crippen LogP contribution >= 0.6 is 0 Å². The first-order valence-corrected chi connectivity index (χ1v) is 11.1. The molecule has 1 fully saturated rings. The van der Waals surface area contributed by atoms with Crippen LogP contribution in [0.15, 0.2) is 60.9 Å². The first-order valence-electron chi connectivity index (χ1n) is 11.1. The van der Waals surface area contributed by atoms with Gasteiger partial charge >= 0.3 is 0 Å².